The van der Waals surface area contributed by atoms with Gasteiger partial charge in [0.05, 0.1) is 18.8 Å². The van der Waals surface area contributed by atoms with Gasteiger partial charge in [-0.2, -0.15) is 0 Å². The van der Waals surface area contributed by atoms with Crippen LogP contribution in [0, 0.1) is 12.8 Å². The van der Waals surface area contributed by atoms with Gasteiger partial charge in [0, 0.05) is 25.2 Å². The number of unbranched alkanes of at least 4 members (excludes halogenated alkanes) is 1. The van der Waals surface area contributed by atoms with Crippen LogP contribution < -0.4 is 25.8 Å². The number of ether oxygens (including phenoxy) is 3. The van der Waals surface area contributed by atoms with Gasteiger partial charge >= 0.3 is 0 Å². The minimum atomic E-state index is -0.795. The third-order valence-electron chi connectivity index (χ3n) is 8.11. The molecule has 0 bridgehead atoms. The first kappa shape index (κ1) is 30.8. The quantitative estimate of drug-likeness (QED) is 0.199. The van der Waals surface area contributed by atoms with E-state index in [0.717, 1.165) is 61.0 Å². The normalized spacial score (nSPS) is 25.3. The highest BCUT2D eigenvalue weighted by Gasteiger charge is 2.32. The maximum absolute atomic E-state index is 10.1. The molecular formula is C32H49N3O5. The van der Waals surface area contributed by atoms with Gasteiger partial charge in [0.1, 0.15) is 23.4 Å². The van der Waals surface area contributed by atoms with E-state index < -0.39 is 12.2 Å². The van der Waals surface area contributed by atoms with Gasteiger partial charge in [-0.25, -0.2) is 0 Å². The fourth-order valence-electron chi connectivity index (χ4n) is 5.63. The molecule has 8 nitrogen and oxygen atoms in total. The van der Waals surface area contributed by atoms with E-state index >= 15 is 0 Å². The molecular weight excluding hydrogens is 506 g/mol. The molecule has 0 amide bonds. The predicted molar refractivity (Wildman–Crippen MR) is 158 cm³/mol. The summed E-state index contributed by atoms with van der Waals surface area (Å²) in [7, 11) is 0. The second-order valence-electron chi connectivity index (χ2n) is 11.6. The molecule has 40 heavy (non-hydrogen) atoms. The zero-order chi connectivity index (χ0) is 28.3. The van der Waals surface area contributed by atoms with Gasteiger partial charge < -0.3 is 40.8 Å². The molecule has 1 saturated carbocycles. The standard InChI is InChI=1S/C32H49N3O5/c1-22-17-24(11-13-33)5-10-30(22)40-28-8-6-27(7-9-28)38-15-4-3-14-34-26-19-25(20-26)18-23(2)35-21-31-32(37)29(36)12-16-39-31/h5-10,17,23,25-26,29,31-32,34-37H,3-4,11-16,18-21,33H2,1-2H3. The molecule has 6 N–H and O–H groups in total. The van der Waals surface area contributed by atoms with Crippen LogP contribution in [-0.2, 0) is 11.2 Å². The Bertz CT molecular complexity index is 1010. The molecule has 1 saturated heterocycles. The number of aliphatic hydroxyl groups is 2. The van der Waals surface area contributed by atoms with E-state index in [0.29, 0.717) is 44.8 Å². The van der Waals surface area contributed by atoms with Crippen molar-refractivity contribution in [2.24, 2.45) is 11.7 Å². The van der Waals surface area contributed by atoms with Crippen LogP contribution >= 0.6 is 0 Å². The maximum atomic E-state index is 10.1. The second kappa shape index (κ2) is 15.7. The van der Waals surface area contributed by atoms with Gasteiger partial charge in [-0.15, -0.1) is 0 Å². The highest BCUT2D eigenvalue weighted by atomic mass is 16.5. The number of nitrogens with one attached hydrogen (secondary N) is 2. The summed E-state index contributed by atoms with van der Waals surface area (Å²) in [6, 6.07) is 15.0. The topological polar surface area (TPSA) is 118 Å². The van der Waals surface area contributed by atoms with E-state index in [4.69, 9.17) is 19.9 Å². The average Bonchev–Trinajstić information content (AvgIpc) is 2.92. The van der Waals surface area contributed by atoms with Crippen molar-refractivity contribution in [3.63, 3.8) is 0 Å². The van der Waals surface area contributed by atoms with Crippen LogP contribution in [0.5, 0.6) is 17.2 Å². The molecule has 4 rings (SSSR count). The van der Waals surface area contributed by atoms with Crippen LogP contribution in [0.1, 0.15) is 56.6 Å². The summed E-state index contributed by atoms with van der Waals surface area (Å²) in [5.41, 5.74) is 7.99. The molecule has 1 aliphatic heterocycles. The van der Waals surface area contributed by atoms with Crippen molar-refractivity contribution < 1.29 is 24.4 Å². The summed E-state index contributed by atoms with van der Waals surface area (Å²) in [5.74, 6) is 3.25. The lowest BCUT2D eigenvalue weighted by Gasteiger charge is -2.38. The number of rotatable bonds is 16. The van der Waals surface area contributed by atoms with Crippen molar-refractivity contribution in [1.82, 2.24) is 10.6 Å². The molecule has 0 spiro atoms. The number of benzene rings is 2. The van der Waals surface area contributed by atoms with Crippen LogP contribution in [0.2, 0.25) is 0 Å². The SMILES string of the molecule is Cc1cc(CCN)ccc1Oc1ccc(OCCCCNC2CC(CC(C)NCC3OCCC(O)C3O)C2)cc1. The molecule has 2 aromatic rings. The molecule has 0 aromatic heterocycles. The second-order valence-corrected chi connectivity index (χ2v) is 11.6. The molecule has 1 heterocycles. The lowest BCUT2D eigenvalue weighted by atomic mass is 9.76. The summed E-state index contributed by atoms with van der Waals surface area (Å²) in [4.78, 5) is 0. The van der Waals surface area contributed by atoms with Gasteiger partial charge in [0.25, 0.3) is 0 Å². The van der Waals surface area contributed by atoms with E-state index in [1.807, 2.05) is 30.3 Å². The largest absolute Gasteiger partial charge is 0.494 e. The Kier molecular flexibility index (Phi) is 12.1. The minimum absolute atomic E-state index is 0.320. The Labute approximate surface area is 239 Å². The monoisotopic (exact) mass is 555 g/mol. The summed E-state index contributed by atoms with van der Waals surface area (Å²) in [6.07, 6.45) is 5.26. The van der Waals surface area contributed by atoms with Crippen LogP contribution in [-0.4, -0.2) is 73.5 Å². The van der Waals surface area contributed by atoms with E-state index in [1.54, 1.807) is 0 Å². The molecule has 4 unspecified atom stereocenters. The van der Waals surface area contributed by atoms with E-state index in [1.165, 1.54) is 18.4 Å². The van der Waals surface area contributed by atoms with Crippen LogP contribution in [0.25, 0.3) is 0 Å². The number of hydrogen-bond donors (Lipinski definition) is 5. The zero-order valence-corrected chi connectivity index (χ0v) is 24.2. The molecule has 1 aliphatic carbocycles. The number of aryl methyl sites for hydroxylation is 1. The Morgan fingerprint density at radius 1 is 1.07 bits per heavy atom. The molecule has 2 fully saturated rings. The summed E-state index contributed by atoms with van der Waals surface area (Å²) >= 11 is 0. The lowest BCUT2D eigenvalue weighted by molar-refractivity contribution is -0.133. The molecule has 2 aliphatic rings. The number of aliphatic hydroxyl groups excluding tert-OH is 2. The van der Waals surface area contributed by atoms with E-state index in [9.17, 15) is 10.2 Å². The average molecular weight is 556 g/mol. The van der Waals surface area contributed by atoms with E-state index in [-0.39, 0.29) is 6.10 Å². The van der Waals surface area contributed by atoms with Crippen molar-refractivity contribution in [2.75, 3.05) is 32.8 Å². The summed E-state index contributed by atoms with van der Waals surface area (Å²) in [5, 5.41) is 27.0. The van der Waals surface area contributed by atoms with Gasteiger partial charge in [-0.1, -0.05) is 12.1 Å². The smallest absolute Gasteiger partial charge is 0.130 e. The van der Waals surface area contributed by atoms with E-state index in [2.05, 4.69) is 36.6 Å². The summed E-state index contributed by atoms with van der Waals surface area (Å²) in [6.45, 7) is 7.71. The van der Waals surface area contributed by atoms with Crippen LogP contribution in [0.15, 0.2) is 42.5 Å². The number of hydrogen-bond acceptors (Lipinski definition) is 8. The fraction of sp³-hybridized carbons (Fsp3) is 0.625. The lowest BCUT2D eigenvalue weighted by Crippen LogP contribution is -2.51. The first-order chi connectivity index (χ1) is 19.4. The van der Waals surface area contributed by atoms with Crippen molar-refractivity contribution in [3.8, 4) is 17.2 Å². The van der Waals surface area contributed by atoms with Crippen molar-refractivity contribution in [2.45, 2.75) is 89.2 Å². The van der Waals surface area contributed by atoms with Crippen molar-refractivity contribution in [3.05, 3.63) is 53.6 Å². The Morgan fingerprint density at radius 3 is 2.60 bits per heavy atom. The van der Waals surface area contributed by atoms with Crippen molar-refractivity contribution in [1.29, 1.82) is 0 Å². The zero-order valence-electron chi connectivity index (χ0n) is 24.2. The maximum Gasteiger partial charge on any atom is 0.130 e. The molecule has 8 heteroatoms. The van der Waals surface area contributed by atoms with Crippen molar-refractivity contribution >= 4 is 0 Å². The summed E-state index contributed by atoms with van der Waals surface area (Å²) < 4.78 is 17.6. The molecule has 222 valence electrons. The van der Waals surface area contributed by atoms with Crippen LogP contribution in [0.4, 0.5) is 0 Å². The Morgan fingerprint density at radius 2 is 1.85 bits per heavy atom. The highest BCUT2D eigenvalue weighted by molar-refractivity contribution is 5.41. The van der Waals surface area contributed by atoms with Gasteiger partial charge in [0.15, 0.2) is 0 Å². The van der Waals surface area contributed by atoms with Gasteiger partial charge in [0.2, 0.25) is 0 Å². The predicted octanol–water partition coefficient (Wildman–Crippen LogP) is 3.69. The molecule has 0 radical (unpaired) electrons. The van der Waals surface area contributed by atoms with Gasteiger partial charge in [-0.05, 0) is 119 Å². The third-order valence-corrected chi connectivity index (χ3v) is 8.11. The molecule has 4 atom stereocenters. The fourth-order valence-corrected chi connectivity index (χ4v) is 5.63. The first-order valence-electron chi connectivity index (χ1n) is 15.1. The Balaban J connectivity index is 1.02. The molecule has 2 aromatic carbocycles. The Hall–Kier alpha value is -2.20. The third kappa shape index (κ3) is 9.43. The number of nitrogens with two attached hydrogens (primary N) is 1. The highest BCUT2D eigenvalue weighted by Crippen LogP contribution is 2.31. The van der Waals surface area contributed by atoms with Crippen LogP contribution in [0.3, 0.4) is 0 Å². The first-order valence-corrected chi connectivity index (χ1v) is 15.1. The minimum Gasteiger partial charge on any atom is -0.494 e. The van der Waals surface area contributed by atoms with Gasteiger partial charge in [-0.3, -0.25) is 0 Å².